The van der Waals surface area contributed by atoms with Gasteiger partial charge in [0.05, 0.1) is 36.4 Å². The molecule has 0 spiro atoms. The van der Waals surface area contributed by atoms with E-state index >= 15 is 0 Å². The van der Waals surface area contributed by atoms with Crippen molar-refractivity contribution in [3.05, 3.63) is 49.3 Å². The molecular formula is C14H14N4. The second-order valence-electron chi connectivity index (χ2n) is 4.36. The van der Waals surface area contributed by atoms with Gasteiger partial charge in [-0.3, -0.25) is 0 Å². The lowest BCUT2D eigenvalue weighted by atomic mass is 10.1. The molecule has 4 nitrogen and oxygen atoms in total. The van der Waals surface area contributed by atoms with Crippen LogP contribution in [-0.2, 0) is 14.1 Å². The average Bonchev–Trinajstić information content (AvgIpc) is 2.98. The number of hydrogen-bond donors (Lipinski definition) is 0. The minimum atomic E-state index is 1.12. The first-order chi connectivity index (χ1) is 8.75. The molecule has 0 N–H and O–H groups in total. The predicted octanol–water partition coefficient (Wildman–Crippen LogP) is 2.49. The van der Waals surface area contributed by atoms with Gasteiger partial charge in [-0.2, -0.15) is 0 Å². The van der Waals surface area contributed by atoms with E-state index in [1.807, 2.05) is 48.3 Å². The van der Waals surface area contributed by atoms with Gasteiger partial charge in [0.2, 0.25) is 0 Å². The third-order valence-corrected chi connectivity index (χ3v) is 3.11. The zero-order valence-corrected chi connectivity index (χ0v) is 10.4. The number of nitrogens with zero attached hydrogens (tertiary/aromatic N) is 4. The predicted molar refractivity (Wildman–Crippen MR) is 70.8 cm³/mol. The summed E-state index contributed by atoms with van der Waals surface area (Å²) in [6.45, 7) is 0. The lowest BCUT2D eigenvalue weighted by Crippen LogP contribution is -1.91. The molecule has 3 aromatic rings. The number of aryl methyl sites for hydroxylation is 2. The SMILES string of the molecule is Cn1cncc1-c1ccc(-c2cncn2C)cc1. The van der Waals surface area contributed by atoms with Crippen LogP contribution in [-0.4, -0.2) is 19.1 Å². The molecular weight excluding hydrogens is 224 g/mol. The third kappa shape index (κ3) is 1.72. The molecule has 2 heterocycles. The molecule has 0 saturated heterocycles. The van der Waals surface area contributed by atoms with Crippen LogP contribution in [0.25, 0.3) is 22.5 Å². The lowest BCUT2D eigenvalue weighted by molar-refractivity contribution is 0.919. The van der Waals surface area contributed by atoms with Gasteiger partial charge in [0.1, 0.15) is 0 Å². The molecule has 0 atom stereocenters. The Kier molecular flexibility index (Phi) is 2.48. The van der Waals surface area contributed by atoms with Gasteiger partial charge >= 0.3 is 0 Å². The van der Waals surface area contributed by atoms with Crippen molar-refractivity contribution in [3.63, 3.8) is 0 Å². The van der Waals surface area contributed by atoms with Crippen LogP contribution in [0.15, 0.2) is 49.3 Å². The summed E-state index contributed by atoms with van der Waals surface area (Å²) in [5.74, 6) is 0. The Balaban J connectivity index is 2.00. The first-order valence-electron chi connectivity index (χ1n) is 5.79. The minimum absolute atomic E-state index is 1.12. The van der Waals surface area contributed by atoms with Gasteiger partial charge in [0, 0.05) is 14.1 Å². The maximum absolute atomic E-state index is 4.13. The average molecular weight is 238 g/mol. The highest BCUT2D eigenvalue weighted by atomic mass is 15.0. The Morgan fingerprint density at radius 1 is 0.722 bits per heavy atom. The number of benzene rings is 1. The standard InChI is InChI=1S/C14H14N4/c1-17-9-15-7-13(17)11-3-5-12(6-4-11)14-8-16-10-18(14)2/h3-10H,1-2H3. The Hall–Kier alpha value is -2.36. The van der Waals surface area contributed by atoms with E-state index in [0.717, 1.165) is 11.4 Å². The summed E-state index contributed by atoms with van der Waals surface area (Å²) in [7, 11) is 3.99. The molecule has 3 rings (SSSR count). The van der Waals surface area contributed by atoms with Crippen LogP contribution in [0.2, 0.25) is 0 Å². The molecule has 0 saturated carbocycles. The quantitative estimate of drug-likeness (QED) is 0.687. The monoisotopic (exact) mass is 238 g/mol. The molecule has 0 unspecified atom stereocenters. The van der Waals surface area contributed by atoms with E-state index in [9.17, 15) is 0 Å². The molecule has 0 fully saturated rings. The molecule has 18 heavy (non-hydrogen) atoms. The summed E-state index contributed by atoms with van der Waals surface area (Å²) in [4.78, 5) is 8.27. The second-order valence-corrected chi connectivity index (χ2v) is 4.36. The molecule has 0 aliphatic carbocycles. The van der Waals surface area contributed by atoms with Crippen LogP contribution in [0, 0.1) is 0 Å². The van der Waals surface area contributed by atoms with Crippen LogP contribution in [0.5, 0.6) is 0 Å². The van der Waals surface area contributed by atoms with Crippen LogP contribution >= 0.6 is 0 Å². The summed E-state index contributed by atoms with van der Waals surface area (Å²) in [6.07, 6.45) is 7.37. The summed E-state index contributed by atoms with van der Waals surface area (Å²) in [5, 5.41) is 0. The molecule has 90 valence electrons. The van der Waals surface area contributed by atoms with Gasteiger partial charge in [-0.1, -0.05) is 24.3 Å². The van der Waals surface area contributed by atoms with Crippen LogP contribution in [0.3, 0.4) is 0 Å². The second kappa shape index (κ2) is 4.14. The highest BCUT2D eigenvalue weighted by molar-refractivity contribution is 5.66. The van der Waals surface area contributed by atoms with Crippen molar-refractivity contribution in [2.45, 2.75) is 0 Å². The van der Waals surface area contributed by atoms with Gasteiger partial charge in [-0.25, -0.2) is 9.97 Å². The Labute approximate surface area is 106 Å². The van der Waals surface area contributed by atoms with Gasteiger partial charge in [-0.05, 0) is 11.1 Å². The van der Waals surface area contributed by atoms with Gasteiger partial charge < -0.3 is 9.13 Å². The minimum Gasteiger partial charge on any atom is -0.334 e. The van der Waals surface area contributed by atoms with Gasteiger partial charge in [0.25, 0.3) is 0 Å². The fourth-order valence-electron chi connectivity index (χ4n) is 2.08. The largest absolute Gasteiger partial charge is 0.334 e. The molecule has 4 heteroatoms. The summed E-state index contributed by atoms with van der Waals surface area (Å²) in [6, 6.07) is 8.44. The first kappa shape index (κ1) is 10.8. The molecule has 0 bridgehead atoms. The van der Waals surface area contributed by atoms with Crippen molar-refractivity contribution < 1.29 is 0 Å². The Morgan fingerprint density at radius 2 is 1.11 bits per heavy atom. The van der Waals surface area contributed by atoms with Crippen molar-refractivity contribution in [2.75, 3.05) is 0 Å². The Bertz CT molecular complexity index is 602. The third-order valence-electron chi connectivity index (χ3n) is 3.11. The van der Waals surface area contributed by atoms with E-state index in [0.29, 0.717) is 0 Å². The zero-order valence-electron chi connectivity index (χ0n) is 10.4. The molecule has 2 aromatic heterocycles. The molecule has 0 radical (unpaired) electrons. The van der Waals surface area contributed by atoms with E-state index in [1.165, 1.54) is 11.1 Å². The number of imidazole rings is 2. The Morgan fingerprint density at radius 3 is 1.39 bits per heavy atom. The fraction of sp³-hybridized carbons (Fsp3) is 0.143. The van der Waals surface area contributed by atoms with Crippen molar-refractivity contribution in [3.8, 4) is 22.5 Å². The number of hydrogen-bond acceptors (Lipinski definition) is 2. The number of rotatable bonds is 2. The maximum atomic E-state index is 4.13. The lowest BCUT2D eigenvalue weighted by Gasteiger charge is -2.05. The fourth-order valence-corrected chi connectivity index (χ4v) is 2.08. The van der Waals surface area contributed by atoms with E-state index in [-0.39, 0.29) is 0 Å². The summed E-state index contributed by atoms with van der Waals surface area (Å²) in [5.41, 5.74) is 4.57. The van der Waals surface area contributed by atoms with E-state index < -0.39 is 0 Å². The zero-order chi connectivity index (χ0) is 12.5. The van der Waals surface area contributed by atoms with Gasteiger partial charge in [0.15, 0.2) is 0 Å². The highest BCUT2D eigenvalue weighted by Gasteiger charge is 2.05. The van der Waals surface area contributed by atoms with Crippen molar-refractivity contribution >= 4 is 0 Å². The summed E-state index contributed by atoms with van der Waals surface area (Å²) >= 11 is 0. The van der Waals surface area contributed by atoms with E-state index in [1.54, 1.807) is 0 Å². The number of aromatic nitrogens is 4. The van der Waals surface area contributed by atoms with Crippen molar-refractivity contribution in [2.24, 2.45) is 14.1 Å². The normalized spacial score (nSPS) is 10.8. The highest BCUT2D eigenvalue weighted by Crippen LogP contribution is 2.23. The van der Waals surface area contributed by atoms with E-state index in [2.05, 4.69) is 34.2 Å². The van der Waals surface area contributed by atoms with Crippen LogP contribution in [0.1, 0.15) is 0 Å². The molecule has 0 aliphatic heterocycles. The van der Waals surface area contributed by atoms with Crippen molar-refractivity contribution in [1.29, 1.82) is 0 Å². The van der Waals surface area contributed by atoms with Gasteiger partial charge in [-0.15, -0.1) is 0 Å². The van der Waals surface area contributed by atoms with Crippen molar-refractivity contribution in [1.82, 2.24) is 19.1 Å². The maximum Gasteiger partial charge on any atom is 0.0948 e. The molecule has 0 amide bonds. The summed E-state index contributed by atoms with van der Waals surface area (Å²) < 4.78 is 4.03. The van der Waals surface area contributed by atoms with Crippen LogP contribution < -0.4 is 0 Å². The smallest absolute Gasteiger partial charge is 0.0948 e. The topological polar surface area (TPSA) is 35.6 Å². The van der Waals surface area contributed by atoms with E-state index in [4.69, 9.17) is 0 Å². The first-order valence-corrected chi connectivity index (χ1v) is 5.79. The molecule has 1 aromatic carbocycles. The molecule has 0 aliphatic rings. The van der Waals surface area contributed by atoms with Crippen LogP contribution in [0.4, 0.5) is 0 Å².